The summed E-state index contributed by atoms with van der Waals surface area (Å²) in [7, 11) is 4.95. The molecule has 0 bridgehead atoms. The van der Waals surface area contributed by atoms with Crippen LogP contribution in [0.1, 0.15) is 96.5 Å². The highest BCUT2D eigenvalue weighted by molar-refractivity contribution is 5.15. The molecule has 1 nitrogen and oxygen atoms in total. The average Bonchev–Trinajstić information content (AvgIpc) is 2.64. The van der Waals surface area contributed by atoms with Gasteiger partial charge in [0.2, 0.25) is 0 Å². The van der Waals surface area contributed by atoms with E-state index >= 15 is 0 Å². The fourth-order valence-corrected chi connectivity index (χ4v) is 4.05. The summed E-state index contributed by atoms with van der Waals surface area (Å²) in [6, 6.07) is 11.9. The van der Waals surface area contributed by atoms with Crippen molar-refractivity contribution >= 4 is 0 Å². The van der Waals surface area contributed by atoms with E-state index in [2.05, 4.69) is 58.3 Å². The molecular weight excluding hydrogens is 350 g/mol. The first kappa shape index (κ1) is 26.5. The second kappa shape index (κ2) is 16.4. The van der Waals surface area contributed by atoms with Crippen LogP contribution in [0.5, 0.6) is 0 Å². The van der Waals surface area contributed by atoms with Crippen LogP contribution in [0.2, 0.25) is 0 Å². The van der Waals surface area contributed by atoms with Crippen LogP contribution in [-0.4, -0.2) is 31.2 Å². The monoisotopic (exact) mass is 395 g/mol. The van der Waals surface area contributed by atoms with Crippen molar-refractivity contribution in [3.63, 3.8) is 0 Å². The van der Waals surface area contributed by atoms with Crippen LogP contribution in [-0.2, 0) is 6.42 Å². The molecule has 0 aliphatic rings. The van der Waals surface area contributed by atoms with Gasteiger partial charge in [0, 0.05) is 6.42 Å². The molecule has 0 radical (unpaired) electrons. The smallest absolute Gasteiger partial charge is 0.0927 e. The Morgan fingerprint density at radius 3 is 1.81 bits per heavy atom. The highest BCUT2D eigenvalue weighted by atomic mass is 35.5. The average molecular weight is 396 g/mol. The maximum atomic E-state index is 2.47. The van der Waals surface area contributed by atoms with E-state index in [0.717, 1.165) is 6.04 Å². The lowest BCUT2D eigenvalue weighted by Gasteiger charge is -2.39. The Balaban J connectivity index is 0.00000676. The van der Waals surface area contributed by atoms with Gasteiger partial charge in [0.05, 0.1) is 26.7 Å². The number of rotatable bonds is 16. The highest BCUT2D eigenvalue weighted by Gasteiger charge is 2.27. The molecule has 0 N–H and O–H groups in total. The van der Waals surface area contributed by atoms with Gasteiger partial charge in [0.1, 0.15) is 0 Å². The van der Waals surface area contributed by atoms with Crippen LogP contribution in [0.25, 0.3) is 0 Å². The number of unbranched alkanes of at least 4 members (excludes halogenated alkanes) is 9. The third-order valence-corrected chi connectivity index (χ3v) is 6.03. The second-order valence-corrected chi connectivity index (χ2v) is 8.82. The molecule has 0 aliphatic heterocycles. The van der Waals surface area contributed by atoms with Gasteiger partial charge in [0.15, 0.2) is 0 Å². The largest absolute Gasteiger partial charge is 1.00 e. The minimum Gasteiger partial charge on any atom is -1.00 e. The Kier molecular flexibility index (Phi) is 16.1. The number of hydrogen-bond acceptors (Lipinski definition) is 0. The molecule has 2 heteroatoms. The fourth-order valence-electron chi connectivity index (χ4n) is 4.05. The molecule has 0 spiro atoms. The second-order valence-electron chi connectivity index (χ2n) is 8.82. The first-order valence-corrected chi connectivity index (χ1v) is 11.5. The Bertz CT molecular complexity index is 429. The molecule has 0 aliphatic carbocycles. The van der Waals surface area contributed by atoms with Crippen molar-refractivity contribution in [2.75, 3.05) is 20.6 Å². The van der Waals surface area contributed by atoms with Crippen molar-refractivity contribution in [3.05, 3.63) is 35.9 Å². The molecule has 0 saturated carbocycles. The van der Waals surface area contributed by atoms with Gasteiger partial charge in [-0.3, -0.25) is 0 Å². The van der Waals surface area contributed by atoms with Crippen molar-refractivity contribution < 1.29 is 16.9 Å². The molecule has 1 atom stereocenters. The fraction of sp³-hybridized carbons (Fsp3) is 0.760. The predicted octanol–water partition coefficient (Wildman–Crippen LogP) is 4.40. The first-order chi connectivity index (χ1) is 12.6. The SMILES string of the molecule is CCCCCCCCCC(Cc1ccccc1)[N+](C)(C)CCCCCC.[Cl-]. The zero-order valence-electron chi connectivity index (χ0n) is 18.7. The Morgan fingerprint density at radius 1 is 0.704 bits per heavy atom. The van der Waals surface area contributed by atoms with Crippen LogP contribution < -0.4 is 12.4 Å². The molecule has 1 rings (SSSR count). The minimum absolute atomic E-state index is 0. The third-order valence-electron chi connectivity index (χ3n) is 6.03. The molecular formula is C25H46ClN. The first-order valence-electron chi connectivity index (χ1n) is 11.5. The summed E-state index contributed by atoms with van der Waals surface area (Å²) in [5, 5.41) is 0. The summed E-state index contributed by atoms with van der Waals surface area (Å²) in [6.45, 7) is 5.93. The van der Waals surface area contributed by atoms with E-state index < -0.39 is 0 Å². The summed E-state index contributed by atoms with van der Waals surface area (Å²) < 4.78 is 1.19. The zero-order valence-corrected chi connectivity index (χ0v) is 19.4. The van der Waals surface area contributed by atoms with Crippen LogP contribution in [0, 0.1) is 0 Å². The topological polar surface area (TPSA) is 0 Å². The Hall–Kier alpha value is -0.530. The van der Waals surface area contributed by atoms with Crippen LogP contribution in [0.4, 0.5) is 0 Å². The molecule has 0 heterocycles. The van der Waals surface area contributed by atoms with Crippen molar-refractivity contribution in [1.29, 1.82) is 0 Å². The summed E-state index contributed by atoms with van der Waals surface area (Å²) in [5.74, 6) is 0. The molecule has 1 unspecified atom stereocenters. The molecule has 27 heavy (non-hydrogen) atoms. The third kappa shape index (κ3) is 12.5. The number of nitrogens with zero attached hydrogens (tertiary/aromatic N) is 1. The van der Waals surface area contributed by atoms with Crippen LogP contribution >= 0.6 is 0 Å². The lowest BCUT2D eigenvalue weighted by Crippen LogP contribution is -3.00. The number of quaternary nitrogens is 1. The highest BCUT2D eigenvalue weighted by Crippen LogP contribution is 2.21. The van der Waals surface area contributed by atoms with Crippen LogP contribution in [0.3, 0.4) is 0 Å². The van der Waals surface area contributed by atoms with E-state index in [-0.39, 0.29) is 12.4 Å². The minimum atomic E-state index is 0. The quantitative estimate of drug-likeness (QED) is 0.287. The lowest BCUT2D eigenvalue weighted by atomic mass is 9.96. The van der Waals surface area contributed by atoms with Gasteiger partial charge >= 0.3 is 0 Å². The normalized spacial score (nSPS) is 12.6. The van der Waals surface area contributed by atoms with Crippen molar-refractivity contribution in [2.24, 2.45) is 0 Å². The molecule has 0 saturated heterocycles. The van der Waals surface area contributed by atoms with Gasteiger partial charge in [-0.05, 0) is 31.2 Å². The summed E-state index contributed by atoms with van der Waals surface area (Å²) in [6.07, 6.45) is 18.0. The van der Waals surface area contributed by atoms with E-state index in [0.29, 0.717) is 0 Å². The Morgan fingerprint density at radius 2 is 1.22 bits per heavy atom. The zero-order chi connectivity index (χ0) is 19.1. The molecule has 158 valence electrons. The van der Waals surface area contributed by atoms with Gasteiger partial charge in [-0.15, -0.1) is 0 Å². The molecule has 1 aromatic carbocycles. The van der Waals surface area contributed by atoms with Gasteiger partial charge in [-0.1, -0.05) is 95.5 Å². The van der Waals surface area contributed by atoms with E-state index in [9.17, 15) is 0 Å². The van der Waals surface area contributed by atoms with Gasteiger partial charge < -0.3 is 16.9 Å². The van der Waals surface area contributed by atoms with E-state index in [4.69, 9.17) is 0 Å². The predicted molar refractivity (Wildman–Crippen MR) is 118 cm³/mol. The van der Waals surface area contributed by atoms with Crippen LogP contribution in [0.15, 0.2) is 30.3 Å². The van der Waals surface area contributed by atoms with E-state index in [1.807, 2.05) is 0 Å². The number of likely N-dealkylation sites (N-methyl/N-ethyl adjacent to an activating group) is 1. The summed E-state index contributed by atoms with van der Waals surface area (Å²) >= 11 is 0. The number of halogens is 1. The van der Waals surface area contributed by atoms with Gasteiger partial charge in [-0.25, -0.2) is 0 Å². The molecule has 1 aromatic rings. The van der Waals surface area contributed by atoms with Crippen molar-refractivity contribution in [3.8, 4) is 0 Å². The van der Waals surface area contributed by atoms with E-state index in [1.165, 1.54) is 100 Å². The van der Waals surface area contributed by atoms with E-state index in [1.54, 1.807) is 0 Å². The maximum absolute atomic E-state index is 2.47. The standard InChI is InChI=1S/C25H46N.ClH/c1-5-7-9-11-12-13-17-21-25(23-24-19-15-14-16-20-24)26(3,4)22-18-10-8-6-2;/h14-16,19-20,25H,5-13,17-18,21-23H2,1-4H3;1H/q+1;/p-1. The number of hydrogen-bond donors (Lipinski definition) is 0. The lowest BCUT2D eigenvalue weighted by molar-refractivity contribution is -0.915. The van der Waals surface area contributed by atoms with Crippen molar-refractivity contribution in [2.45, 2.75) is 103 Å². The maximum Gasteiger partial charge on any atom is 0.0927 e. The van der Waals surface area contributed by atoms with Gasteiger partial charge in [-0.2, -0.15) is 0 Å². The summed E-state index contributed by atoms with van der Waals surface area (Å²) in [5.41, 5.74) is 1.51. The Labute approximate surface area is 176 Å². The summed E-state index contributed by atoms with van der Waals surface area (Å²) in [4.78, 5) is 0. The molecule has 0 fully saturated rings. The molecule has 0 amide bonds. The molecule has 0 aromatic heterocycles. The van der Waals surface area contributed by atoms with Gasteiger partial charge in [0.25, 0.3) is 0 Å². The van der Waals surface area contributed by atoms with Crippen molar-refractivity contribution in [1.82, 2.24) is 0 Å². The number of benzene rings is 1.